The number of fused-ring (bicyclic) bond motifs is 1. The number of imidazole rings is 1. The van der Waals surface area contributed by atoms with Crippen LogP contribution in [0, 0.1) is 5.92 Å². The van der Waals surface area contributed by atoms with E-state index in [-0.39, 0.29) is 0 Å². The summed E-state index contributed by atoms with van der Waals surface area (Å²) in [6.45, 7) is 7.73. The first-order valence-electron chi connectivity index (χ1n) is 6.74. The Morgan fingerprint density at radius 2 is 2.11 bits per heavy atom. The minimum atomic E-state index is 0.703. The van der Waals surface area contributed by atoms with Crippen LogP contribution in [-0.2, 0) is 18.7 Å². The summed E-state index contributed by atoms with van der Waals surface area (Å²) in [5.41, 5.74) is 3.71. The lowest BCUT2D eigenvalue weighted by molar-refractivity contribution is 0.516. The predicted molar refractivity (Wildman–Crippen MR) is 81.3 cm³/mol. The van der Waals surface area contributed by atoms with Crippen LogP contribution in [0.5, 0.6) is 0 Å². The van der Waals surface area contributed by atoms with Gasteiger partial charge >= 0.3 is 0 Å². The molecule has 3 heteroatoms. The Morgan fingerprint density at radius 1 is 1.33 bits per heavy atom. The molecule has 18 heavy (non-hydrogen) atoms. The third kappa shape index (κ3) is 2.72. The average Bonchev–Trinajstić information content (AvgIpc) is 2.72. The van der Waals surface area contributed by atoms with Crippen LogP contribution >= 0.6 is 12.6 Å². The van der Waals surface area contributed by atoms with Gasteiger partial charge in [-0.1, -0.05) is 26.8 Å². The molecule has 0 aliphatic heterocycles. The fourth-order valence-electron chi connectivity index (χ4n) is 2.20. The summed E-state index contributed by atoms with van der Waals surface area (Å²) in [7, 11) is 0. The van der Waals surface area contributed by atoms with E-state index >= 15 is 0 Å². The van der Waals surface area contributed by atoms with Gasteiger partial charge < -0.3 is 4.57 Å². The molecule has 98 valence electrons. The molecule has 1 aromatic heterocycles. The van der Waals surface area contributed by atoms with Gasteiger partial charge in [-0.3, -0.25) is 0 Å². The van der Waals surface area contributed by atoms with Crippen LogP contribution in [-0.4, -0.2) is 9.55 Å². The SMILES string of the molecule is CCc1ccc2c(c1)nc(CS)n2CCC(C)C. The summed E-state index contributed by atoms with van der Waals surface area (Å²) in [6.07, 6.45) is 2.24. The zero-order valence-corrected chi connectivity index (χ0v) is 12.4. The van der Waals surface area contributed by atoms with Gasteiger partial charge in [0.2, 0.25) is 0 Å². The van der Waals surface area contributed by atoms with Crippen molar-refractivity contribution >= 4 is 23.7 Å². The van der Waals surface area contributed by atoms with Crippen molar-refractivity contribution in [3.05, 3.63) is 29.6 Å². The van der Waals surface area contributed by atoms with Crippen molar-refractivity contribution in [1.29, 1.82) is 0 Å². The van der Waals surface area contributed by atoms with Gasteiger partial charge in [0.05, 0.1) is 11.0 Å². The summed E-state index contributed by atoms with van der Waals surface area (Å²) in [5, 5.41) is 0. The zero-order valence-electron chi connectivity index (χ0n) is 11.5. The van der Waals surface area contributed by atoms with Crippen molar-refractivity contribution in [3.63, 3.8) is 0 Å². The van der Waals surface area contributed by atoms with Crippen LogP contribution in [0.2, 0.25) is 0 Å². The maximum absolute atomic E-state index is 4.70. The van der Waals surface area contributed by atoms with Crippen molar-refractivity contribution in [1.82, 2.24) is 9.55 Å². The van der Waals surface area contributed by atoms with Crippen LogP contribution in [0.25, 0.3) is 11.0 Å². The number of aryl methyl sites for hydroxylation is 2. The molecule has 2 rings (SSSR count). The molecule has 2 nitrogen and oxygen atoms in total. The molecule has 0 saturated carbocycles. The first-order valence-corrected chi connectivity index (χ1v) is 7.37. The molecule has 1 aromatic carbocycles. The lowest BCUT2D eigenvalue weighted by Gasteiger charge is -2.10. The van der Waals surface area contributed by atoms with Crippen molar-refractivity contribution in [2.45, 2.75) is 45.9 Å². The highest BCUT2D eigenvalue weighted by Gasteiger charge is 2.10. The molecule has 0 aliphatic carbocycles. The maximum Gasteiger partial charge on any atom is 0.119 e. The number of benzene rings is 1. The number of hydrogen-bond donors (Lipinski definition) is 1. The molecule has 1 heterocycles. The molecule has 0 N–H and O–H groups in total. The summed E-state index contributed by atoms with van der Waals surface area (Å²) >= 11 is 4.40. The fourth-order valence-corrected chi connectivity index (χ4v) is 2.44. The molecule has 0 spiro atoms. The normalized spacial score (nSPS) is 11.6. The van der Waals surface area contributed by atoms with E-state index in [1.807, 2.05) is 0 Å². The largest absolute Gasteiger partial charge is 0.327 e. The molecule has 0 radical (unpaired) electrons. The van der Waals surface area contributed by atoms with Crippen molar-refractivity contribution in [2.75, 3.05) is 0 Å². The second-order valence-corrected chi connectivity index (χ2v) is 5.51. The predicted octanol–water partition coefficient (Wildman–Crippen LogP) is 4.07. The molecule has 0 atom stereocenters. The van der Waals surface area contributed by atoms with Gasteiger partial charge in [0.1, 0.15) is 5.82 Å². The third-order valence-electron chi connectivity index (χ3n) is 3.37. The Morgan fingerprint density at radius 3 is 2.72 bits per heavy atom. The highest BCUT2D eigenvalue weighted by molar-refractivity contribution is 7.79. The topological polar surface area (TPSA) is 17.8 Å². The summed E-state index contributed by atoms with van der Waals surface area (Å²) in [5.74, 6) is 2.50. The van der Waals surface area contributed by atoms with Gasteiger partial charge in [0, 0.05) is 12.3 Å². The number of rotatable bonds is 5. The molecule has 2 aromatic rings. The van der Waals surface area contributed by atoms with E-state index in [0.717, 1.165) is 24.3 Å². The van der Waals surface area contributed by atoms with Crippen LogP contribution < -0.4 is 0 Å². The van der Waals surface area contributed by atoms with Gasteiger partial charge in [-0.25, -0.2) is 4.98 Å². The molecule has 0 bridgehead atoms. The monoisotopic (exact) mass is 262 g/mol. The number of thiol groups is 1. The Balaban J connectivity index is 2.42. The van der Waals surface area contributed by atoms with Crippen LogP contribution in [0.1, 0.15) is 38.6 Å². The van der Waals surface area contributed by atoms with Crippen LogP contribution in [0.4, 0.5) is 0 Å². The van der Waals surface area contributed by atoms with E-state index in [1.165, 1.54) is 17.5 Å². The molecule has 0 saturated heterocycles. The molecule has 0 unspecified atom stereocenters. The molecule has 0 aliphatic rings. The second kappa shape index (κ2) is 5.79. The summed E-state index contributed by atoms with van der Waals surface area (Å²) in [6, 6.07) is 6.61. The summed E-state index contributed by atoms with van der Waals surface area (Å²) in [4.78, 5) is 4.70. The zero-order chi connectivity index (χ0) is 13.1. The Bertz CT molecular complexity index is 529. The minimum absolute atomic E-state index is 0.703. The average molecular weight is 262 g/mol. The van der Waals surface area contributed by atoms with Crippen molar-refractivity contribution in [3.8, 4) is 0 Å². The number of hydrogen-bond acceptors (Lipinski definition) is 2. The smallest absolute Gasteiger partial charge is 0.119 e. The molecular weight excluding hydrogens is 240 g/mol. The number of nitrogens with zero attached hydrogens (tertiary/aromatic N) is 2. The minimum Gasteiger partial charge on any atom is -0.327 e. The van der Waals surface area contributed by atoms with Crippen LogP contribution in [0.3, 0.4) is 0 Å². The Kier molecular flexibility index (Phi) is 4.33. The quantitative estimate of drug-likeness (QED) is 0.804. The lowest BCUT2D eigenvalue weighted by Crippen LogP contribution is -2.05. The Labute approximate surface area is 115 Å². The van der Waals surface area contributed by atoms with E-state index < -0.39 is 0 Å². The number of aromatic nitrogens is 2. The standard InChI is InChI=1S/C15H22N2S/c1-4-12-5-6-14-13(9-12)16-15(10-18)17(14)8-7-11(2)3/h5-6,9,11,18H,4,7-8,10H2,1-3H3. The fraction of sp³-hybridized carbons (Fsp3) is 0.533. The third-order valence-corrected chi connectivity index (χ3v) is 3.65. The van der Waals surface area contributed by atoms with Gasteiger partial charge in [-0.05, 0) is 36.5 Å². The van der Waals surface area contributed by atoms with Gasteiger partial charge in [0.25, 0.3) is 0 Å². The molecule has 0 amide bonds. The first kappa shape index (κ1) is 13.5. The molecule has 0 fully saturated rings. The van der Waals surface area contributed by atoms with Crippen molar-refractivity contribution < 1.29 is 0 Å². The lowest BCUT2D eigenvalue weighted by atomic mass is 10.1. The first-order chi connectivity index (χ1) is 8.65. The van der Waals surface area contributed by atoms with Gasteiger partial charge in [0.15, 0.2) is 0 Å². The van der Waals surface area contributed by atoms with Crippen molar-refractivity contribution in [2.24, 2.45) is 5.92 Å². The maximum atomic E-state index is 4.70. The highest BCUT2D eigenvalue weighted by atomic mass is 32.1. The van der Waals surface area contributed by atoms with Crippen LogP contribution in [0.15, 0.2) is 18.2 Å². The second-order valence-electron chi connectivity index (χ2n) is 5.20. The highest BCUT2D eigenvalue weighted by Crippen LogP contribution is 2.20. The van der Waals surface area contributed by atoms with E-state index in [4.69, 9.17) is 4.98 Å². The van der Waals surface area contributed by atoms with Gasteiger partial charge in [-0.2, -0.15) is 12.6 Å². The van der Waals surface area contributed by atoms with E-state index in [0.29, 0.717) is 11.7 Å². The van der Waals surface area contributed by atoms with E-state index in [1.54, 1.807) is 0 Å². The summed E-state index contributed by atoms with van der Waals surface area (Å²) < 4.78 is 2.32. The van der Waals surface area contributed by atoms with E-state index in [2.05, 4.69) is 56.2 Å². The van der Waals surface area contributed by atoms with E-state index in [9.17, 15) is 0 Å². The van der Waals surface area contributed by atoms with Gasteiger partial charge in [-0.15, -0.1) is 0 Å². The molecular formula is C15H22N2S. The Hall–Kier alpha value is -0.960.